The molecule has 0 amide bonds. The van der Waals surface area contributed by atoms with Gasteiger partial charge in [0.2, 0.25) is 0 Å². The van der Waals surface area contributed by atoms with E-state index < -0.39 is 22.7 Å². The van der Waals surface area contributed by atoms with Crippen LogP contribution >= 0.6 is 0 Å². The van der Waals surface area contributed by atoms with Crippen molar-refractivity contribution in [2.45, 2.75) is 115 Å². The second-order valence-electron chi connectivity index (χ2n) is 13.5. The molecule has 6 heteroatoms. The van der Waals surface area contributed by atoms with Crippen molar-refractivity contribution >= 4 is 17.5 Å². The highest BCUT2D eigenvalue weighted by atomic mass is 16.5. The number of ketones is 2. The Hall–Kier alpha value is -3.61. The van der Waals surface area contributed by atoms with Crippen LogP contribution in [0, 0.1) is 5.41 Å². The number of hydrogen-bond acceptors (Lipinski definition) is 6. The van der Waals surface area contributed by atoms with E-state index in [2.05, 4.69) is 0 Å². The molecule has 0 unspecified atom stereocenters. The van der Waals surface area contributed by atoms with Crippen LogP contribution in [0.1, 0.15) is 134 Å². The van der Waals surface area contributed by atoms with Gasteiger partial charge in [-0.2, -0.15) is 0 Å². The highest BCUT2D eigenvalue weighted by molar-refractivity contribution is 6.03. The predicted octanol–water partition coefficient (Wildman–Crippen LogP) is 8.12. The fourth-order valence-corrected chi connectivity index (χ4v) is 7.29. The normalized spacial score (nSPS) is 17.8. The van der Waals surface area contributed by atoms with Gasteiger partial charge in [-0.1, -0.05) is 131 Å². The number of carbonyl (C=O) groups is 3. The van der Waals surface area contributed by atoms with Crippen LogP contribution in [0.25, 0.3) is 0 Å². The molecule has 0 saturated heterocycles. The summed E-state index contributed by atoms with van der Waals surface area (Å²) in [6, 6.07) is 23.9. The van der Waals surface area contributed by atoms with E-state index in [4.69, 9.17) is 4.74 Å². The largest absolute Gasteiger partial charge is 0.452 e. The standard InChI is InChI=1S/C40H48O6/c1-3-38(4-2,28-29-14-8-5-9-15-29)37(43)46-34(30-16-20-32(21-17-30)35(41)39(44)24-10-6-11-25-39)31-18-22-33(23-19-31)36(42)40(45)26-12-7-13-27-40/h5,8-9,14-23,34,44-45H,3-4,6-7,10-13,24-28H2,1-2H3. The number of rotatable bonds is 12. The van der Waals surface area contributed by atoms with Gasteiger partial charge in [0.05, 0.1) is 5.41 Å². The van der Waals surface area contributed by atoms with Gasteiger partial charge in [-0.05, 0) is 61.6 Å². The molecule has 6 nitrogen and oxygen atoms in total. The molecular formula is C40H48O6. The summed E-state index contributed by atoms with van der Waals surface area (Å²) >= 11 is 0. The Morgan fingerprint density at radius 1 is 0.652 bits per heavy atom. The molecule has 244 valence electrons. The maximum Gasteiger partial charge on any atom is 0.313 e. The van der Waals surface area contributed by atoms with E-state index in [1.165, 1.54) is 0 Å². The maximum absolute atomic E-state index is 14.1. The first-order chi connectivity index (χ1) is 22.1. The lowest BCUT2D eigenvalue weighted by molar-refractivity contribution is -0.160. The molecule has 0 bridgehead atoms. The minimum atomic E-state index is -1.34. The zero-order valence-electron chi connectivity index (χ0n) is 27.3. The molecule has 2 aliphatic carbocycles. The first-order valence-electron chi connectivity index (χ1n) is 17.1. The van der Waals surface area contributed by atoms with Crippen molar-refractivity contribution in [3.63, 3.8) is 0 Å². The van der Waals surface area contributed by atoms with Crippen LogP contribution in [-0.4, -0.2) is 39.0 Å². The summed E-state index contributed by atoms with van der Waals surface area (Å²) in [5.41, 5.74) is -0.115. The van der Waals surface area contributed by atoms with E-state index in [0.717, 1.165) is 44.1 Å². The van der Waals surface area contributed by atoms with E-state index in [0.29, 0.717) is 67.2 Å². The second-order valence-corrected chi connectivity index (χ2v) is 13.5. The fourth-order valence-electron chi connectivity index (χ4n) is 7.29. The predicted molar refractivity (Wildman–Crippen MR) is 179 cm³/mol. The monoisotopic (exact) mass is 624 g/mol. The van der Waals surface area contributed by atoms with Crippen molar-refractivity contribution in [1.29, 1.82) is 0 Å². The van der Waals surface area contributed by atoms with Gasteiger partial charge in [-0.25, -0.2) is 0 Å². The van der Waals surface area contributed by atoms with Crippen LogP contribution in [0.2, 0.25) is 0 Å². The van der Waals surface area contributed by atoms with Gasteiger partial charge in [-0.15, -0.1) is 0 Å². The molecule has 2 aliphatic rings. The smallest absolute Gasteiger partial charge is 0.313 e. The van der Waals surface area contributed by atoms with Gasteiger partial charge in [-0.3, -0.25) is 14.4 Å². The molecule has 5 rings (SSSR count). The molecule has 2 saturated carbocycles. The highest BCUT2D eigenvalue weighted by Crippen LogP contribution is 2.38. The van der Waals surface area contributed by atoms with Crippen LogP contribution in [0.4, 0.5) is 0 Å². The zero-order valence-corrected chi connectivity index (χ0v) is 27.3. The summed E-state index contributed by atoms with van der Waals surface area (Å²) in [6.45, 7) is 4.02. The van der Waals surface area contributed by atoms with Crippen molar-refractivity contribution < 1.29 is 29.3 Å². The molecule has 0 atom stereocenters. The topological polar surface area (TPSA) is 101 Å². The quantitative estimate of drug-likeness (QED) is 0.156. The summed E-state index contributed by atoms with van der Waals surface area (Å²) in [5.74, 6) is -0.844. The van der Waals surface area contributed by atoms with Crippen molar-refractivity contribution in [1.82, 2.24) is 0 Å². The molecule has 0 heterocycles. The summed E-state index contributed by atoms with van der Waals surface area (Å²) in [6.07, 6.45) is 8.16. The van der Waals surface area contributed by atoms with Crippen molar-refractivity contribution in [3.05, 3.63) is 107 Å². The summed E-state index contributed by atoms with van der Waals surface area (Å²) < 4.78 is 6.41. The first-order valence-corrected chi connectivity index (χ1v) is 17.1. The minimum absolute atomic E-state index is 0.269. The number of ether oxygens (including phenoxy) is 1. The number of hydrogen-bond donors (Lipinski definition) is 2. The molecular weight excluding hydrogens is 576 g/mol. The molecule has 3 aromatic rings. The zero-order chi connectivity index (χ0) is 32.8. The van der Waals surface area contributed by atoms with E-state index in [9.17, 15) is 24.6 Å². The lowest BCUT2D eigenvalue weighted by Gasteiger charge is -2.32. The fraction of sp³-hybridized carbons (Fsp3) is 0.475. The van der Waals surface area contributed by atoms with Gasteiger partial charge < -0.3 is 14.9 Å². The Labute approximate surface area is 273 Å². The number of esters is 1. The summed E-state index contributed by atoms with van der Waals surface area (Å²) in [7, 11) is 0. The highest BCUT2D eigenvalue weighted by Gasteiger charge is 2.41. The van der Waals surface area contributed by atoms with Gasteiger partial charge in [0.15, 0.2) is 17.7 Å². The maximum atomic E-state index is 14.1. The summed E-state index contributed by atoms with van der Waals surface area (Å²) in [5, 5.41) is 22.1. The molecule has 0 aromatic heterocycles. The van der Waals surface area contributed by atoms with Gasteiger partial charge >= 0.3 is 5.97 Å². The SMILES string of the molecule is CCC(CC)(Cc1ccccc1)C(=O)OC(c1ccc(C(=O)C2(O)CCCCC2)cc1)c1ccc(C(=O)C2(O)CCCCC2)cc1. The van der Waals surface area contributed by atoms with Crippen LogP contribution in [0.15, 0.2) is 78.9 Å². The third kappa shape index (κ3) is 7.19. The molecule has 0 radical (unpaired) electrons. The minimum Gasteiger partial charge on any atom is -0.452 e. The van der Waals surface area contributed by atoms with Gasteiger partial charge in [0.1, 0.15) is 11.2 Å². The van der Waals surface area contributed by atoms with Gasteiger partial charge in [0.25, 0.3) is 0 Å². The molecule has 0 spiro atoms. The average molecular weight is 625 g/mol. The van der Waals surface area contributed by atoms with E-state index in [1.807, 2.05) is 44.2 Å². The Morgan fingerprint density at radius 3 is 1.46 bits per heavy atom. The molecule has 2 fully saturated rings. The molecule has 0 aliphatic heterocycles. The number of benzene rings is 3. The Kier molecular flexibility index (Phi) is 10.6. The lowest BCUT2D eigenvalue weighted by atomic mass is 9.77. The van der Waals surface area contributed by atoms with Crippen LogP contribution < -0.4 is 0 Å². The number of aliphatic hydroxyl groups is 2. The third-order valence-electron chi connectivity index (χ3n) is 10.6. The van der Waals surface area contributed by atoms with E-state index in [-0.39, 0.29) is 17.5 Å². The second kappa shape index (κ2) is 14.4. The van der Waals surface area contributed by atoms with Gasteiger partial charge in [0, 0.05) is 11.1 Å². The average Bonchev–Trinajstić information content (AvgIpc) is 3.10. The van der Waals surface area contributed by atoms with Crippen molar-refractivity contribution in [2.24, 2.45) is 5.41 Å². The Balaban J connectivity index is 1.46. The molecule has 2 N–H and O–H groups in total. The summed E-state index contributed by atoms with van der Waals surface area (Å²) in [4.78, 5) is 40.7. The van der Waals surface area contributed by atoms with Crippen LogP contribution in [0.5, 0.6) is 0 Å². The lowest BCUT2D eigenvalue weighted by Crippen LogP contribution is -2.40. The van der Waals surface area contributed by atoms with Crippen LogP contribution in [0.3, 0.4) is 0 Å². The first kappa shape index (κ1) is 33.7. The van der Waals surface area contributed by atoms with Crippen molar-refractivity contribution in [3.8, 4) is 0 Å². The number of carbonyl (C=O) groups excluding carboxylic acids is 3. The third-order valence-corrected chi connectivity index (χ3v) is 10.6. The Bertz CT molecular complexity index is 1400. The molecule has 46 heavy (non-hydrogen) atoms. The van der Waals surface area contributed by atoms with E-state index in [1.54, 1.807) is 48.5 Å². The van der Waals surface area contributed by atoms with E-state index >= 15 is 0 Å². The number of Topliss-reactive ketones (excluding diaryl/α,β-unsaturated/α-hetero) is 2. The Morgan fingerprint density at radius 2 is 1.07 bits per heavy atom. The van der Waals surface area contributed by atoms with Crippen LogP contribution in [-0.2, 0) is 16.0 Å². The van der Waals surface area contributed by atoms with Crippen molar-refractivity contribution in [2.75, 3.05) is 0 Å². The molecule has 3 aromatic carbocycles.